The van der Waals surface area contributed by atoms with Crippen molar-refractivity contribution < 1.29 is 13.2 Å². The zero-order valence-corrected chi connectivity index (χ0v) is 15.5. The van der Waals surface area contributed by atoms with Gasteiger partial charge in [-0.2, -0.15) is 10.2 Å². The maximum Gasteiger partial charge on any atom is 0.137 e. The summed E-state index contributed by atoms with van der Waals surface area (Å²) < 4.78 is 43.3. The van der Waals surface area contributed by atoms with Crippen LogP contribution in [0.15, 0.2) is 48.5 Å². The van der Waals surface area contributed by atoms with Gasteiger partial charge in [0.15, 0.2) is 0 Å². The molecule has 0 spiro atoms. The van der Waals surface area contributed by atoms with Crippen LogP contribution in [0.1, 0.15) is 22.4 Å². The molecule has 1 aromatic heterocycles. The van der Waals surface area contributed by atoms with Gasteiger partial charge in [-0.15, -0.1) is 0 Å². The molecule has 3 nitrogen and oxygen atoms in total. The van der Waals surface area contributed by atoms with Gasteiger partial charge in [0.25, 0.3) is 0 Å². The summed E-state index contributed by atoms with van der Waals surface area (Å²) in [4.78, 5) is 1.93. The number of aromatic nitrogens is 2. The predicted molar refractivity (Wildman–Crippen MR) is 102 cm³/mol. The van der Waals surface area contributed by atoms with Crippen molar-refractivity contribution in [2.45, 2.75) is 13.5 Å². The van der Waals surface area contributed by atoms with Crippen molar-refractivity contribution in [3.63, 3.8) is 0 Å². The van der Waals surface area contributed by atoms with E-state index in [0.717, 1.165) is 11.8 Å². The van der Waals surface area contributed by atoms with Crippen molar-refractivity contribution in [3.8, 4) is 11.3 Å². The zero-order valence-electron chi connectivity index (χ0n) is 15.5. The Morgan fingerprint density at radius 2 is 1.64 bits per heavy atom. The van der Waals surface area contributed by atoms with Gasteiger partial charge in [-0.1, -0.05) is 12.1 Å². The molecule has 0 saturated carbocycles. The SMILES string of the molecule is Cc1ccc(-c2ccc3c(c2F)CN(C)CC=C3c2ccc(F)cc2F)nn1. The first kappa shape index (κ1) is 18.4. The number of benzene rings is 2. The third kappa shape index (κ3) is 3.31. The molecular formula is C22H18F3N3. The van der Waals surface area contributed by atoms with Crippen LogP contribution >= 0.6 is 0 Å². The average Bonchev–Trinajstić information content (AvgIpc) is 2.83. The number of rotatable bonds is 2. The Hall–Kier alpha value is -2.99. The largest absolute Gasteiger partial charge is 0.298 e. The molecule has 28 heavy (non-hydrogen) atoms. The number of halogens is 3. The van der Waals surface area contributed by atoms with E-state index in [-0.39, 0.29) is 5.56 Å². The molecule has 6 heteroatoms. The second kappa shape index (κ2) is 7.20. The third-order valence-electron chi connectivity index (χ3n) is 4.86. The second-order valence-corrected chi connectivity index (χ2v) is 6.95. The van der Waals surface area contributed by atoms with E-state index in [2.05, 4.69) is 10.2 Å². The Labute approximate surface area is 161 Å². The van der Waals surface area contributed by atoms with Gasteiger partial charge in [0.05, 0.1) is 11.4 Å². The zero-order chi connectivity index (χ0) is 19.8. The van der Waals surface area contributed by atoms with Crippen LogP contribution in [0.25, 0.3) is 16.8 Å². The summed E-state index contributed by atoms with van der Waals surface area (Å²) in [6.07, 6.45) is 1.84. The lowest BCUT2D eigenvalue weighted by molar-refractivity contribution is 0.358. The molecule has 0 aliphatic carbocycles. The molecule has 2 aromatic carbocycles. The standard InChI is InChI=1S/C22H18F3N3/c1-13-3-8-21(27-26-13)18-7-6-15-16(17-5-4-14(23)11-20(17)24)9-10-28(2)12-19(15)22(18)25/h3-9,11H,10,12H2,1-2H3. The number of hydrogen-bond acceptors (Lipinski definition) is 3. The van der Waals surface area contributed by atoms with Crippen molar-refractivity contribution in [2.75, 3.05) is 13.6 Å². The monoisotopic (exact) mass is 381 g/mol. The van der Waals surface area contributed by atoms with Crippen molar-refractivity contribution in [1.82, 2.24) is 15.1 Å². The lowest BCUT2D eigenvalue weighted by Gasteiger charge is -2.17. The van der Waals surface area contributed by atoms with E-state index in [1.54, 1.807) is 24.3 Å². The topological polar surface area (TPSA) is 29.0 Å². The highest BCUT2D eigenvalue weighted by atomic mass is 19.1. The van der Waals surface area contributed by atoms with Gasteiger partial charge in [-0.3, -0.25) is 4.90 Å². The third-order valence-corrected chi connectivity index (χ3v) is 4.86. The van der Waals surface area contributed by atoms with Gasteiger partial charge >= 0.3 is 0 Å². The number of hydrogen-bond donors (Lipinski definition) is 0. The first-order valence-electron chi connectivity index (χ1n) is 8.90. The lowest BCUT2D eigenvalue weighted by atomic mass is 9.91. The van der Waals surface area contributed by atoms with Crippen molar-refractivity contribution in [3.05, 3.63) is 88.4 Å². The van der Waals surface area contributed by atoms with E-state index in [1.807, 2.05) is 24.9 Å². The van der Waals surface area contributed by atoms with Gasteiger partial charge in [0.1, 0.15) is 17.5 Å². The van der Waals surface area contributed by atoms with E-state index >= 15 is 4.39 Å². The van der Waals surface area contributed by atoms with Crippen molar-refractivity contribution >= 4 is 5.57 Å². The minimum atomic E-state index is -0.671. The summed E-state index contributed by atoms with van der Waals surface area (Å²) in [7, 11) is 1.86. The predicted octanol–water partition coefficient (Wildman–Crippen LogP) is 4.75. The van der Waals surface area contributed by atoms with E-state index < -0.39 is 17.5 Å². The molecule has 0 fully saturated rings. The van der Waals surface area contributed by atoms with E-state index in [9.17, 15) is 8.78 Å². The Kier molecular flexibility index (Phi) is 4.73. The van der Waals surface area contributed by atoms with Gasteiger partial charge < -0.3 is 0 Å². The van der Waals surface area contributed by atoms with Crippen LogP contribution < -0.4 is 0 Å². The lowest BCUT2D eigenvalue weighted by Crippen LogP contribution is -2.17. The minimum absolute atomic E-state index is 0.250. The normalized spacial score (nSPS) is 14.4. The molecule has 0 atom stereocenters. The van der Waals surface area contributed by atoms with Crippen LogP contribution in [0.2, 0.25) is 0 Å². The molecule has 0 bridgehead atoms. The highest BCUT2D eigenvalue weighted by Crippen LogP contribution is 2.35. The molecule has 0 unspecified atom stereocenters. The van der Waals surface area contributed by atoms with Crippen molar-refractivity contribution in [2.24, 2.45) is 0 Å². The Morgan fingerprint density at radius 3 is 2.36 bits per heavy atom. The summed E-state index contributed by atoms with van der Waals surface area (Å²) in [6, 6.07) is 10.3. The van der Waals surface area contributed by atoms with Gasteiger partial charge in [0, 0.05) is 35.8 Å². The van der Waals surface area contributed by atoms with Crippen LogP contribution in [-0.4, -0.2) is 28.7 Å². The van der Waals surface area contributed by atoms with Gasteiger partial charge in [-0.05, 0) is 55.4 Å². The molecule has 142 valence electrons. The fourth-order valence-electron chi connectivity index (χ4n) is 3.42. The summed E-state index contributed by atoms with van der Waals surface area (Å²) in [5.41, 5.74) is 3.39. The van der Waals surface area contributed by atoms with Crippen molar-refractivity contribution in [1.29, 1.82) is 0 Å². The first-order valence-corrected chi connectivity index (χ1v) is 8.90. The highest BCUT2D eigenvalue weighted by molar-refractivity contribution is 5.83. The summed E-state index contributed by atoms with van der Waals surface area (Å²) in [6.45, 7) is 2.69. The van der Waals surface area contributed by atoms with E-state index in [0.29, 0.717) is 41.0 Å². The Bertz CT molecular complexity index is 1080. The maximum atomic E-state index is 15.5. The van der Waals surface area contributed by atoms with Crippen LogP contribution in [0, 0.1) is 24.4 Å². The smallest absolute Gasteiger partial charge is 0.137 e. The highest BCUT2D eigenvalue weighted by Gasteiger charge is 2.23. The molecule has 0 saturated heterocycles. The molecule has 2 heterocycles. The molecule has 0 amide bonds. The van der Waals surface area contributed by atoms with E-state index in [1.165, 1.54) is 12.1 Å². The number of fused-ring (bicyclic) bond motifs is 1. The van der Waals surface area contributed by atoms with Gasteiger partial charge in [0.2, 0.25) is 0 Å². The number of nitrogens with zero attached hydrogens (tertiary/aromatic N) is 3. The average molecular weight is 381 g/mol. The molecular weight excluding hydrogens is 363 g/mol. The van der Waals surface area contributed by atoms with E-state index in [4.69, 9.17) is 0 Å². The van der Waals surface area contributed by atoms with Crippen LogP contribution in [0.3, 0.4) is 0 Å². The quantitative estimate of drug-likeness (QED) is 0.642. The molecule has 1 aliphatic heterocycles. The molecule has 0 N–H and O–H groups in total. The molecule has 1 aliphatic rings. The minimum Gasteiger partial charge on any atom is -0.298 e. The maximum absolute atomic E-state index is 15.5. The molecule has 3 aromatic rings. The fourth-order valence-corrected chi connectivity index (χ4v) is 3.42. The summed E-state index contributed by atoms with van der Waals surface area (Å²) in [5.74, 6) is -1.72. The second-order valence-electron chi connectivity index (χ2n) is 6.95. The number of aryl methyl sites for hydroxylation is 1. The fraction of sp³-hybridized carbons (Fsp3) is 0.182. The Morgan fingerprint density at radius 1 is 0.893 bits per heavy atom. The first-order chi connectivity index (χ1) is 13.4. The summed E-state index contributed by atoms with van der Waals surface area (Å²) >= 11 is 0. The van der Waals surface area contributed by atoms with Crippen LogP contribution in [-0.2, 0) is 6.54 Å². The number of likely N-dealkylation sites (N-methyl/N-ethyl adjacent to an activating group) is 1. The van der Waals surface area contributed by atoms with Crippen LogP contribution in [0.4, 0.5) is 13.2 Å². The molecule has 0 radical (unpaired) electrons. The molecule has 4 rings (SSSR count). The van der Waals surface area contributed by atoms with Crippen LogP contribution in [0.5, 0.6) is 0 Å². The summed E-state index contributed by atoms with van der Waals surface area (Å²) in [5, 5.41) is 8.08. The van der Waals surface area contributed by atoms with Gasteiger partial charge in [-0.25, -0.2) is 13.2 Å². The Balaban J connectivity index is 1.88.